The molecule has 3 fully saturated rings. The Kier molecular flexibility index (Phi) is 3.60. The molecule has 5 unspecified atom stereocenters. The predicted molar refractivity (Wildman–Crippen MR) is 69.9 cm³/mol. The monoisotopic (exact) mass is 251 g/mol. The van der Waals surface area contributed by atoms with Gasteiger partial charge in [-0.1, -0.05) is 6.42 Å². The van der Waals surface area contributed by atoms with Crippen molar-refractivity contribution in [2.75, 3.05) is 6.54 Å². The average Bonchev–Trinajstić information content (AvgIpc) is 3.04. The lowest BCUT2D eigenvalue weighted by Crippen LogP contribution is -2.36. The number of rotatable bonds is 4. The number of carbonyl (C=O) groups is 1. The number of fused-ring (bicyclic) bond motifs is 2. The van der Waals surface area contributed by atoms with Crippen molar-refractivity contribution in [3.63, 3.8) is 0 Å². The Labute approximate surface area is 109 Å². The summed E-state index contributed by atoms with van der Waals surface area (Å²) in [6.07, 6.45) is 9.11. The Morgan fingerprint density at radius 2 is 2.06 bits per heavy atom. The van der Waals surface area contributed by atoms with Gasteiger partial charge in [-0.05, 0) is 62.7 Å². The molecule has 102 valence electrons. The average molecular weight is 251 g/mol. The standard InChI is InChI=1S/C15H25NO2/c17-14-3-1-2-13(14)15(18)16-7-6-12-9-10-4-5-11(12)8-10/h10-14,17H,1-9H2,(H,16,18). The summed E-state index contributed by atoms with van der Waals surface area (Å²) in [5, 5.41) is 12.7. The van der Waals surface area contributed by atoms with E-state index in [2.05, 4.69) is 5.32 Å². The molecular formula is C15H25NO2. The van der Waals surface area contributed by atoms with E-state index < -0.39 is 6.10 Å². The zero-order chi connectivity index (χ0) is 12.5. The maximum absolute atomic E-state index is 11.9. The molecule has 0 aromatic heterocycles. The third-order valence-corrected chi connectivity index (χ3v) is 5.52. The molecule has 3 heteroatoms. The lowest BCUT2D eigenvalue weighted by Gasteiger charge is -2.22. The lowest BCUT2D eigenvalue weighted by molar-refractivity contribution is -0.127. The number of hydrogen-bond acceptors (Lipinski definition) is 2. The van der Waals surface area contributed by atoms with Crippen LogP contribution in [0.1, 0.15) is 51.4 Å². The molecule has 0 saturated heterocycles. The molecule has 3 aliphatic carbocycles. The predicted octanol–water partition coefficient (Wildman–Crippen LogP) is 2.09. The van der Waals surface area contributed by atoms with E-state index in [-0.39, 0.29) is 11.8 Å². The molecule has 3 aliphatic rings. The van der Waals surface area contributed by atoms with Gasteiger partial charge in [-0.15, -0.1) is 0 Å². The Morgan fingerprint density at radius 1 is 1.17 bits per heavy atom. The second-order valence-corrected chi connectivity index (χ2v) is 6.62. The third kappa shape index (κ3) is 2.42. The van der Waals surface area contributed by atoms with Gasteiger partial charge in [0.2, 0.25) is 5.91 Å². The highest BCUT2D eigenvalue weighted by Gasteiger charge is 2.39. The Hall–Kier alpha value is -0.570. The molecular weight excluding hydrogens is 226 g/mol. The Bertz CT molecular complexity index is 318. The van der Waals surface area contributed by atoms with Crippen LogP contribution in [0.3, 0.4) is 0 Å². The van der Waals surface area contributed by atoms with Gasteiger partial charge in [0.05, 0.1) is 12.0 Å². The van der Waals surface area contributed by atoms with Gasteiger partial charge in [-0.2, -0.15) is 0 Å². The fourth-order valence-corrected chi connectivity index (χ4v) is 4.49. The van der Waals surface area contributed by atoms with Crippen molar-refractivity contribution in [2.45, 2.75) is 57.5 Å². The van der Waals surface area contributed by atoms with Crippen molar-refractivity contribution in [1.82, 2.24) is 5.32 Å². The van der Waals surface area contributed by atoms with Gasteiger partial charge in [-0.3, -0.25) is 4.79 Å². The SMILES string of the molecule is O=C(NCCC1CC2CCC1C2)C1CCCC1O. The van der Waals surface area contributed by atoms with E-state index in [1.54, 1.807) is 0 Å². The summed E-state index contributed by atoms with van der Waals surface area (Å²) in [4.78, 5) is 11.9. The first-order chi connectivity index (χ1) is 8.74. The van der Waals surface area contributed by atoms with E-state index in [1.165, 1.54) is 25.7 Å². The van der Waals surface area contributed by atoms with Gasteiger partial charge < -0.3 is 10.4 Å². The molecule has 2 bridgehead atoms. The van der Waals surface area contributed by atoms with Crippen molar-refractivity contribution in [2.24, 2.45) is 23.7 Å². The van der Waals surface area contributed by atoms with Gasteiger partial charge in [0.1, 0.15) is 0 Å². The summed E-state index contributed by atoms with van der Waals surface area (Å²) < 4.78 is 0. The molecule has 3 saturated carbocycles. The zero-order valence-electron chi connectivity index (χ0n) is 11.1. The minimum atomic E-state index is -0.396. The highest BCUT2D eigenvalue weighted by molar-refractivity contribution is 5.79. The van der Waals surface area contributed by atoms with E-state index >= 15 is 0 Å². The van der Waals surface area contributed by atoms with E-state index in [1.807, 2.05) is 0 Å². The van der Waals surface area contributed by atoms with Gasteiger partial charge in [0.25, 0.3) is 0 Å². The second kappa shape index (κ2) is 5.20. The van der Waals surface area contributed by atoms with Crippen LogP contribution in [-0.2, 0) is 4.79 Å². The maximum Gasteiger partial charge on any atom is 0.225 e. The number of amides is 1. The second-order valence-electron chi connectivity index (χ2n) is 6.62. The minimum Gasteiger partial charge on any atom is -0.392 e. The normalized spacial score (nSPS) is 42.4. The number of hydrogen-bond donors (Lipinski definition) is 2. The molecule has 5 atom stereocenters. The van der Waals surface area contributed by atoms with Gasteiger partial charge in [0, 0.05) is 6.54 Å². The Balaban J connectivity index is 1.38. The van der Waals surface area contributed by atoms with Crippen LogP contribution in [0.5, 0.6) is 0 Å². The molecule has 3 rings (SSSR count). The largest absolute Gasteiger partial charge is 0.392 e. The summed E-state index contributed by atoms with van der Waals surface area (Å²) in [5.74, 6) is 2.75. The van der Waals surface area contributed by atoms with E-state index in [0.717, 1.165) is 50.0 Å². The van der Waals surface area contributed by atoms with Gasteiger partial charge in [-0.25, -0.2) is 0 Å². The number of carbonyl (C=O) groups excluding carboxylic acids is 1. The summed E-state index contributed by atoms with van der Waals surface area (Å²) in [5.41, 5.74) is 0. The molecule has 0 aromatic rings. The number of nitrogens with one attached hydrogen (secondary N) is 1. The zero-order valence-corrected chi connectivity index (χ0v) is 11.1. The highest BCUT2D eigenvalue weighted by Crippen LogP contribution is 2.49. The minimum absolute atomic E-state index is 0.0863. The van der Waals surface area contributed by atoms with Gasteiger partial charge in [0.15, 0.2) is 0 Å². The molecule has 18 heavy (non-hydrogen) atoms. The number of aliphatic hydroxyl groups is 1. The first kappa shape index (κ1) is 12.5. The van der Waals surface area contributed by atoms with E-state index in [4.69, 9.17) is 0 Å². The smallest absolute Gasteiger partial charge is 0.225 e. The molecule has 2 N–H and O–H groups in total. The first-order valence-corrected chi connectivity index (χ1v) is 7.70. The van der Waals surface area contributed by atoms with Crippen LogP contribution < -0.4 is 5.32 Å². The molecule has 0 radical (unpaired) electrons. The summed E-state index contributed by atoms with van der Waals surface area (Å²) in [7, 11) is 0. The van der Waals surface area contributed by atoms with E-state index in [0.29, 0.717) is 0 Å². The summed E-state index contributed by atoms with van der Waals surface area (Å²) >= 11 is 0. The molecule has 0 aromatic carbocycles. The number of aliphatic hydroxyl groups excluding tert-OH is 1. The Morgan fingerprint density at radius 3 is 2.67 bits per heavy atom. The highest BCUT2D eigenvalue weighted by atomic mass is 16.3. The van der Waals surface area contributed by atoms with Crippen LogP contribution in [0, 0.1) is 23.7 Å². The van der Waals surface area contributed by atoms with Gasteiger partial charge >= 0.3 is 0 Å². The van der Waals surface area contributed by atoms with E-state index in [9.17, 15) is 9.90 Å². The van der Waals surface area contributed by atoms with Crippen LogP contribution in [0.25, 0.3) is 0 Å². The molecule has 3 nitrogen and oxygen atoms in total. The van der Waals surface area contributed by atoms with Crippen molar-refractivity contribution >= 4 is 5.91 Å². The summed E-state index contributed by atoms with van der Waals surface area (Å²) in [6, 6.07) is 0. The third-order valence-electron chi connectivity index (χ3n) is 5.52. The summed E-state index contributed by atoms with van der Waals surface area (Å²) in [6.45, 7) is 0.815. The molecule has 0 heterocycles. The molecule has 0 aliphatic heterocycles. The quantitative estimate of drug-likeness (QED) is 0.804. The van der Waals surface area contributed by atoms with Crippen LogP contribution in [0.2, 0.25) is 0 Å². The molecule has 0 spiro atoms. The fourth-order valence-electron chi connectivity index (χ4n) is 4.49. The van der Waals surface area contributed by atoms with Crippen LogP contribution in [0.4, 0.5) is 0 Å². The maximum atomic E-state index is 11.9. The van der Waals surface area contributed by atoms with Crippen LogP contribution >= 0.6 is 0 Å². The van der Waals surface area contributed by atoms with Crippen molar-refractivity contribution in [3.8, 4) is 0 Å². The van der Waals surface area contributed by atoms with Crippen molar-refractivity contribution in [1.29, 1.82) is 0 Å². The topological polar surface area (TPSA) is 49.3 Å². The van der Waals surface area contributed by atoms with Crippen molar-refractivity contribution in [3.05, 3.63) is 0 Å². The first-order valence-electron chi connectivity index (χ1n) is 7.70. The lowest BCUT2D eigenvalue weighted by atomic mass is 9.86. The van der Waals surface area contributed by atoms with Crippen molar-refractivity contribution < 1.29 is 9.90 Å². The molecule has 1 amide bonds. The van der Waals surface area contributed by atoms with Crippen LogP contribution in [0.15, 0.2) is 0 Å². The van der Waals surface area contributed by atoms with Crippen LogP contribution in [-0.4, -0.2) is 23.7 Å². The fraction of sp³-hybridized carbons (Fsp3) is 0.933.